The Morgan fingerprint density at radius 2 is 1.49 bits per heavy atom. The first-order valence-electron chi connectivity index (χ1n) is 16.9. The Morgan fingerprint density at radius 1 is 0.824 bits per heavy atom. The molecule has 0 fully saturated rings. The maximum absolute atomic E-state index is 13.7. The van der Waals surface area contributed by atoms with Crippen LogP contribution in [0, 0.1) is 0 Å². The molecule has 0 saturated heterocycles. The van der Waals surface area contributed by atoms with Crippen molar-refractivity contribution in [1.82, 2.24) is 14.8 Å². The van der Waals surface area contributed by atoms with Crippen molar-refractivity contribution in [3.63, 3.8) is 0 Å². The second-order valence-corrected chi connectivity index (χ2v) is 12.9. The van der Waals surface area contributed by atoms with Crippen molar-refractivity contribution in [3.8, 4) is 5.75 Å². The van der Waals surface area contributed by atoms with Crippen molar-refractivity contribution in [3.05, 3.63) is 172 Å². The van der Waals surface area contributed by atoms with Crippen LogP contribution >= 0.6 is 11.6 Å². The van der Waals surface area contributed by atoms with Gasteiger partial charge in [-0.3, -0.25) is 9.69 Å². The quantitative estimate of drug-likeness (QED) is 0.108. The molecule has 0 atom stereocenters. The number of hydrogen-bond donors (Lipinski definition) is 1. The maximum Gasteiger partial charge on any atom is 0.417 e. The Labute approximate surface area is 301 Å². The van der Waals surface area contributed by atoms with Crippen LogP contribution in [-0.4, -0.2) is 35.1 Å². The third-order valence-electron chi connectivity index (χ3n) is 8.90. The molecule has 5 nitrogen and oxygen atoms in total. The van der Waals surface area contributed by atoms with E-state index in [9.17, 15) is 18.0 Å². The van der Waals surface area contributed by atoms with Crippen LogP contribution in [0.3, 0.4) is 0 Å². The van der Waals surface area contributed by atoms with Crippen molar-refractivity contribution in [2.24, 2.45) is 0 Å². The average Bonchev–Trinajstić information content (AvgIpc) is 3.54. The normalized spacial score (nSPS) is 11.7. The molecule has 262 valence electrons. The summed E-state index contributed by atoms with van der Waals surface area (Å²) in [6, 6.07) is 41.9. The fraction of sp³-hybridized carbons (Fsp3) is 0.214. The van der Waals surface area contributed by atoms with Gasteiger partial charge in [0.05, 0.1) is 17.2 Å². The third kappa shape index (κ3) is 9.60. The van der Waals surface area contributed by atoms with E-state index in [0.717, 1.165) is 33.7 Å². The first kappa shape index (κ1) is 35.8. The number of benzene rings is 5. The first-order valence-corrected chi connectivity index (χ1v) is 17.3. The van der Waals surface area contributed by atoms with Crippen molar-refractivity contribution in [2.45, 2.75) is 38.1 Å². The predicted molar refractivity (Wildman–Crippen MR) is 197 cm³/mol. The van der Waals surface area contributed by atoms with Gasteiger partial charge in [0, 0.05) is 49.2 Å². The molecule has 6 aromatic rings. The van der Waals surface area contributed by atoms with Gasteiger partial charge in [0.25, 0.3) is 0 Å². The van der Waals surface area contributed by atoms with Gasteiger partial charge in [0.15, 0.2) is 0 Å². The van der Waals surface area contributed by atoms with E-state index in [0.29, 0.717) is 44.0 Å². The topological polar surface area (TPSA) is 46.5 Å². The lowest BCUT2D eigenvalue weighted by Crippen LogP contribution is -2.31. The molecule has 1 amide bonds. The van der Waals surface area contributed by atoms with Crippen LogP contribution in [0.25, 0.3) is 10.9 Å². The Morgan fingerprint density at radius 3 is 2.16 bits per heavy atom. The van der Waals surface area contributed by atoms with E-state index in [2.05, 4.69) is 34.5 Å². The molecule has 1 N–H and O–H groups in total. The summed E-state index contributed by atoms with van der Waals surface area (Å²) in [7, 11) is 0. The number of halogens is 4. The standard InChI is InChI=1S/C42H39ClF3N3O2/c43-41-35(18-10-19-38(41)42(44,45)46)28-48(29-37(32-14-6-2-7-15-32)33-16-8-3-9-17-33)23-11-25-51-36-20-21-39-34(26-36)22-24-49(39)30-40(50)47-27-31-12-4-1-5-13-31/h1-10,12-22,24,26,37H,11,23,25,27-30H2,(H,47,50). The number of amides is 1. The number of nitrogens with zero attached hydrogens (tertiary/aromatic N) is 2. The zero-order chi connectivity index (χ0) is 35.6. The van der Waals surface area contributed by atoms with Gasteiger partial charge in [-0.05, 0) is 59.0 Å². The summed E-state index contributed by atoms with van der Waals surface area (Å²) in [6.07, 6.45) is -2.02. The van der Waals surface area contributed by atoms with Crippen molar-refractivity contribution in [2.75, 3.05) is 19.7 Å². The molecule has 0 bridgehead atoms. The molecule has 0 unspecified atom stereocenters. The zero-order valence-corrected chi connectivity index (χ0v) is 28.8. The summed E-state index contributed by atoms with van der Waals surface area (Å²) >= 11 is 6.37. The lowest BCUT2D eigenvalue weighted by Gasteiger charge is -2.29. The second kappa shape index (κ2) is 16.8. The molecule has 1 aromatic heterocycles. The summed E-state index contributed by atoms with van der Waals surface area (Å²) in [5.74, 6) is 0.617. The van der Waals surface area contributed by atoms with E-state index in [1.165, 1.54) is 6.07 Å². The van der Waals surface area contributed by atoms with Gasteiger partial charge >= 0.3 is 6.18 Å². The molecule has 0 aliphatic heterocycles. The molecule has 9 heteroatoms. The number of aromatic nitrogens is 1. The number of carbonyl (C=O) groups excluding carboxylic acids is 1. The molecule has 0 saturated carbocycles. The predicted octanol–water partition coefficient (Wildman–Crippen LogP) is 9.73. The van der Waals surface area contributed by atoms with Crippen LogP contribution in [0.2, 0.25) is 5.02 Å². The number of carbonyl (C=O) groups is 1. The maximum atomic E-state index is 13.7. The minimum absolute atomic E-state index is 0.00948. The number of fused-ring (bicyclic) bond motifs is 1. The fourth-order valence-electron chi connectivity index (χ4n) is 6.32. The number of ether oxygens (including phenoxy) is 1. The lowest BCUT2D eigenvalue weighted by molar-refractivity contribution is -0.137. The van der Waals surface area contributed by atoms with Crippen LogP contribution in [0.15, 0.2) is 140 Å². The van der Waals surface area contributed by atoms with Gasteiger partial charge in [-0.25, -0.2) is 0 Å². The molecule has 5 aromatic carbocycles. The summed E-state index contributed by atoms with van der Waals surface area (Å²) in [6.45, 7) is 2.47. The Balaban J connectivity index is 1.12. The Bertz CT molecular complexity index is 1980. The monoisotopic (exact) mass is 709 g/mol. The van der Waals surface area contributed by atoms with Gasteiger partial charge in [0.2, 0.25) is 5.91 Å². The van der Waals surface area contributed by atoms with Gasteiger partial charge in [-0.1, -0.05) is 115 Å². The van der Waals surface area contributed by atoms with Crippen LogP contribution in [0.1, 0.15) is 40.2 Å². The summed E-state index contributed by atoms with van der Waals surface area (Å²) in [5.41, 5.74) is 3.80. The van der Waals surface area contributed by atoms with Crippen molar-refractivity contribution >= 4 is 28.4 Å². The van der Waals surface area contributed by atoms with E-state index in [1.54, 1.807) is 6.07 Å². The van der Waals surface area contributed by atoms with Crippen molar-refractivity contribution < 1.29 is 22.7 Å². The summed E-state index contributed by atoms with van der Waals surface area (Å²) < 4.78 is 49.3. The highest BCUT2D eigenvalue weighted by molar-refractivity contribution is 6.32. The number of alkyl halides is 3. The Kier molecular flexibility index (Phi) is 11.8. The van der Waals surface area contributed by atoms with E-state index < -0.39 is 11.7 Å². The molecule has 0 aliphatic carbocycles. The molecule has 0 spiro atoms. The van der Waals surface area contributed by atoms with Gasteiger partial charge in [-0.2, -0.15) is 13.2 Å². The molecule has 0 radical (unpaired) electrons. The van der Waals surface area contributed by atoms with E-state index in [-0.39, 0.29) is 29.9 Å². The summed E-state index contributed by atoms with van der Waals surface area (Å²) in [5, 5.41) is 3.66. The van der Waals surface area contributed by atoms with E-state index >= 15 is 0 Å². The third-order valence-corrected chi connectivity index (χ3v) is 9.35. The van der Waals surface area contributed by atoms with Crippen LogP contribution in [0.5, 0.6) is 5.75 Å². The highest BCUT2D eigenvalue weighted by Gasteiger charge is 2.34. The SMILES string of the molecule is O=C(Cn1ccc2cc(OCCCN(Cc3cccc(C(F)(F)F)c3Cl)CC(c3ccccc3)c3ccccc3)ccc21)NCc1ccccc1. The van der Waals surface area contributed by atoms with Gasteiger partial charge in [-0.15, -0.1) is 0 Å². The van der Waals surface area contributed by atoms with E-state index in [4.69, 9.17) is 16.3 Å². The number of nitrogens with one attached hydrogen (secondary N) is 1. The van der Waals surface area contributed by atoms with Crippen LogP contribution in [-0.2, 0) is 30.6 Å². The van der Waals surface area contributed by atoms with Crippen LogP contribution in [0.4, 0.5) is 13.2 Å². The first-order chi connectivity index (χ1) is 24.7. The van der Waals surface area contributed by atoms with Gasteiger partial charge in [0.1, 0.15) is 12.3 Å². The minimum atomic E-state index is -4.54. The summed E-state index contributed by atoms with van der Waals surface area (Å²) in [4.78, 5) is 14.8. The minimum Gasteiger partial charge on any atom is -0.494 e. The van der Waals surface area contributed by atoms with Gasteiger partial charge < -0.3 is 14.6 Å². The van der Waals surface area contributed by atoms with Crippen molar-refractivity contribution in [1.29, 1.82) is 0 Å². The highest BCUT2D eigenvalue weighted by atomic mass is 35.5. The van der Waals surface area contributed by atoms with E-state index in [1.807, 2.05) is 102 Å². The molecular weight excluding hydrogens is 671 g/mol. The van der Waals surface area contributed by atoms with Crippen LogP contribution < -0.4 is 10.1 Å². The lowest BCUT2D eigenvalue weighted by atomic mass is 9.90. The molecule has 6 rings (SSSR count). The zero-order valence-electron chi connectivity index (χ0n) is 28.0. The smallest absolute Gasteiger partial charge is 0.417 e. The molecule has 1 heterocycles. The highest BCUT2D eigenvalue weighted by Crippen LogP contribution is 2.37. The fourth-order valence-corrected chi connectivity index (χ4v) is 6.61. The number of hydrogen-bond acceptors (Lipinski definition) is 3. The second-order valence-electron chi connectivity index (χ2n) is 12.5. The number of rotatable bonds is 15. The average molecular weight is 710 g/mol. The molecule has 0 aliphatic rings. The Hall–Kier alpha value is -5.05. The largest absolute Gasteiger partial charge is 0.494 e. The molecular formula is C42H39ClF3N3O2. The molecule has 51 heavy (non-hydrogen) atoms.